The third-order valence-electron chi connectivity index (χ3n) is 5.80. The fraction of sp³-hybridized carbons (Fsp3) is 0.280. The number of likely N-dealkylation sites (tertiary alicyclic amines) is 1. The fourth-order valence-electron chi connectivity index (χ4n) is 4.10. The van der Waals surface area contributed by atoms with Crippen LogP contribution < -0.4 is 4.74 Å². The van der Waals surface area contributed by atoms with Gasteiger partial charge in [-0.1, -0.05) is 12.1 Å². The van der Waals surface area contributed by atoms with Crippen molar-refractivity contribution in [3.8, 4) is 11.4 Å². The first-order chi connectivity index (χ1) is 15.4. The van der Waals surface area contributed by atoms with E-state index >= 15 is 0 Å². The minimum Gasteiger partial charge on any atom is -0.495 e. The number of aryl methyl sites for hydroxylation is 1. The van der Waals surface area contributed by atoms with Crippen molar-refractivity contribution in [1.29, 1.82) is 0 Å². The first kappa shape index (κ1) is 21.7. The molecule has 0 saturated carbocycles. The molecule has 1 fully saturated rings. The second-order valence-electron chi connectivity index (χ2n) is 7.97. The number of ether oxygens (including phenoxy) is 1. The Morgan fingerprint density at radius 2 is 2.00 bits per heavy atom. The minimum absolute atomic E-state index is 0.138. The lowest BCUT2D eigenvalue weighted by Gasteiger charge is -2.34. The smallest absolute Gasteiger partial charge is 0.250 e. The summed E-state index contributed by atoms with van der Waals surface area (Å²) in [7, 11) is 1.60. The van der Waals surface area contributed by atoms with Crippen LogP contribution in [-0.4, -0.2) is 34.0 Å². The number of imidazole rings is 1. The number of hydrogen-bond acceptors (Lipinski definition) is 3. The van der Waals surface area contributed by atoms with E-state index < -0.39 is 17.7 Å². The summed E-state index contributed by atoms with van der Waals surface area (Å²) in [5.41, 5.74) is 3.56. The number of aromatic nitrogens is 2. The molecule has 5 nitrogen and oxygen atoms in total. The lowest BCUT2D eigenvalue weighted by atomic mass is 9.97. The van der Waals surface area contributed by atoms with Gasteiger partial charge in [0.25, 0.3) is 0 Å². The SMILES string of the molecule is COc1cc(C=C2CCCN([C@H](C)c3ccc(F)cc3F)C2=O)ccc1-n1cnc(C)c1. The molecule has 0 aliphatic carbocycles. The third-order valence-corrected chi connectivity index (χ3v) is 5.80. The third kappa shape index (κ3) is 4.28. The highest BCUT2D eigenvalue weighted by Crippen LogP contribution is 2.31. The maximum atomic E-state index is 14.3. The average molecular weight is 437 g/mol. The first-order valence-corrected chi connectivity index (χ1v) is 10.5. The molecule has 1 saturated heterocycles. The lowest BCUT2D eigenvalue weighted by molar-refractivity contribution is -0.130. The van der Waals surface area contributed by atoms with Gasteiger partial charge in [0.1, 0.15) is 17.4 Å². The Kier molecular flexibility index (Phi) is 6.08. The Bertz CT molecular complexity index is 1190. The number of methoxy groups -OCH3 is 1. The van der Waals surface area contributed by atoms with Gasteiger partial charge in [0, 0.05) is 29.9 Å². The average Bonchev–Trinajstić information content (AvgIpc) is 3.20. The largest absolute Gasteiger partial charge is 0.495 e. The van der Waals surface area contributed by atoms with E-state index in [1.54, 1.807) is 25.3 Å². The van der Waals surface area contributed by atoms with Crippen LogP contribution in [0.4, 0.5) is 8.78 Å². The van der Waals surface area contributed by atoms with Crippen molar-refractivity contribution in [2.24, 2.45) is 0 Å². The minimum atomic E-state index is -0.642. The molecule has 2 heterocycles. The van der Waals surface area contributed by atoms with Crippen LogP contribution in [0.15, 0.2) is 54.5 Å². The normalized spacial score (nSPS) is 16.5. The number of hydrogen-bond donors (Lipinski definition) is 0. The van der Waals surface area contributed by atoms with Gasteiger partial charge in [0.05, 0.1) is 30.9 Å². The van der Waals surface area contributed by atoms with Gasteiger partial charge < -0.3 is 14.2 Å². The van der Waals surface area contributed by atoms with Crippen molar-refractivity contribution in [2.75, 3.05) is 13.7 Å². The molecular formula is C25H25F2N3O2. The van der Waals surface area contributed by atoms with E-state index in [9.17, 15) is 13.6 Å². The quantitative estimate of drug-likeness (QED) is 0.513. The molecule has 0 radical (unpaired) electrons. The van der Waals surface area contributed by atoms with Gasteiger partial charge in [-0.15, -0.1) is 0 Å². The number of nitrogens with zero attached hydrogens (tertiary/aromatic N) is 3. The predicted octanol–water partition coefficient (Wildman–Crippen LogP) is 5.23. The number of amides is 1. The number of benzene rings is 2. The molecule has 3 aromatic rings. The molecule has 1 amide bonds. The molecule has 0 N–H and O–H groups in total. The second kappa shape index (κ2) is 8.94. The summed E-state index contributed by atoms with van der Waals surface area (Å²) in [4.78, 5) is 19.1. The molecule has 32 heavy (non-hydrogen) atoms. The maximum absolute atomic E-state index is 14.3. The summed E-state index contributed by atoms with van der Waals surface area (Å²) < 4.78 is 35.0. The number of rotatable bonds is 5. The Morgan fingerprint density at radius 1 is 1.19 bits per heavy atom. The van der Waals surface area contributed by atoms with Gasteiger partial charge in [-0.25, -0.2) is 13.8 Å². The summed E-state index contributed by atoms with van der Waals surface area (Å²) >= 11 is 0. The molecule has 166 valence electrons. The van der Waals surface area contributed by atoms with Crippen LogP contribution in [0.2, 0.25) is 0 Å². The van der Waals surface area contributed by atoms with E-state index in [0.29, 0.717) is 29.9 Å². The lowest BCUT2D eigenvalue weighted by Crippen LogP contribution is -2.39. The van der Waals surface area contributed by atoms with Crippen LogP contribution in [0.1, 0.15) is 42.6 Å². The van der Waals surface area contributed by atoms with Crippen LogP contribution in [0.25, 0.3) is 11.8 Å². The van der Waals surface area contributed by atoms with Crippen LogP contribution in [0.3, 0.4) is 0 Å². The van der Waals surface area contributed by atoms with Crippen LogP contribution in [0.5, 0.6) is 5.75 Å². The molecule has 1 aliphatic heterocycles. The molecule has 0 bridgehead atoms. The highest BCUT2D eigenvalue weighted by molar-refractivity contribution is 5.98. The zero-order valence-corrected chi connectivity index (χ0v) is 18.3. The van der Waals surface area contributed by atoms with E-state index in [1.165, 1.54) is 12.1 Å². The molecule has 7 heteroatoms. The molecule has 2 aromatic carbocycles. The zero-order valence-electron chi connectivity index (χ0n) is 18.3. The Labute approximate surface area is 186 Å². The summed E-state index contributed by atoms with van der Waals surface area (Å²) in [5.74, 6) is -0.747. The van der Waals surface area contributed by atoms with Gasteiger partial charge >= 0.3 is 0 Å². The van der Waals surface area contributed by atoms with Crippen LogP contribution in [0, 0.1) is 18.6 Å². The van der Waals surface area contributed by atoms with Crippen molar-refractivity contribution in [2.45, 2.75) is 32.7 Å². The zero-order chi connectivity index (χ0) is 22.8. The maximum Gasteiger partial charge on any atom is 0.250 e. The van der Waals surface area contributed by atoms with Crippen molar-refractivity contribution in [3.05, 3.63) is 83.0 Å². The number of carbonyl (C=O) groups is 1. The van der Waals surface area contributed by atoms with E-state index in [1.807, 2.05) is 42.0 Å². The van der Waals surface area contributed by atoms with Crippen molar-refractivity contribution in [3.63, 3.8) is 0 Å². The van der Waals surface area contributed by atoms with E-state index in [4.69, 9.17) is 4.74 Å². The molecule has 1 atom stereocenters. The molecule has 0 spiro atoms. The van der Waals surface area contributed by atoms with Gasteiger partial charge in [0.2, 0.25) is 5.91 Å². The van der Waals surface area contributed by atoms with Crippen LogP contribution >= 0.6 is 0 Å². The Morgan fingerprint density at radius 3 is 2.69 bits per heavy atom. The summed E-state index contributed by atoms with van der Waals surface area (Å²) in [6, 6.07) is 8.72. The summed E-state index contributed by atoms with van der Waals surface area (Å²) in [5, 5.41) is 0. The monoisotopic (exact) mass is 437 g/mol. The Balaban J connectivity index is 1.60. The second-order valence-corrected chi connectivity index (χ2v) is 7.97. The topological polar surface area (TPSA) is 47.4 Å². The van der Waals surface area contributed by atoms with Crippen molar-refractivity contribution >= 4 is 12.0 Å². The number of piperidine rings is 1. The van der Waals surface area contributed by atoms with E-state index in [2.05, 4.69) is 4.98 Å². The Hall–Kier alpha value is -3.48. The molecule has 1 aliphatic rings. The number of halogens is 2. The highest BCUT2D eigenvalue weighted by atomic mass is 19.1. The van der Waals surface area contributed by atoms with E-state index in [0.717, 1.165) is 29.4 Å². The van der Waals surface area contributed by atoms with E-state index in [-0.39, 0.29) is 5.91 Å². The van der Waals surface area contributed by atoms with Gasteiger partial charge in [0.15, 0.2) is 0 Å². The number of carbonyl (C=O) groups excluding carboxylic acids is 1. The first-order valence-electron chi connectivity index (χ1n) is 10.5. The van der Waals surface area contributed by atoms with Gasteiger partial charge in [-0.2, -0.15) is 0 Å². The molecule has 1 aromatic heterocycles. The molecular weight excluding hydrogens is 412 g/mol. The standard InChI is InChI=1S/C25H25F2N3O2/c1-16-14-29(15-28-16)23-9-6-18(12-24(23)32-3)11-19-5-4-10-30(25(19)31)17(2)21-8-7-20(26)13-22(21)27/h6-9,11-15,17H,4-5,10H2,1-3H3/t17-/m1/s1. The fourth-order valence-corrected chi connectivity index (χ4v) is 4.10. The van der Waals surface area contributed by atoms with Gasteiger partial charge in [-0.05, 0) is 56.5 Å². The van der Waals surface area contributed by atoms with Crippen LogP contribution in [-0.2, 0) is 4.79 Å². The van der Waals surface area contributed by atoms with Crippen molar-refractivity contribution < 1.29 is 18.3 Å². The highest BCUT2D eigenvalue weighted by Gasteiger charge is 2.29. The van der Waals surface area contributed by atoms with Crippen molar-refractivity contribution in [1.82, 2.24) is 14.5 Å². The molecule has 0 unspecified atom stereocenters. The molecule has 4 rings (SSSR count). The summed E-state index contributed by atoms with van der Waals surface area (Å²) in [6.45, 7) is 4.21. The van der Waals surface area contributed by atoms with Gasteiger partial charge in [-0.3, -0.25) is 4.79 Å². The summed E-state index contributed by atoms with van der Waals surface area (Å²) in [6.07, 6.45) is 6.90. The predicted molar refractivity (Wildman–Crippen MR) is 119 cm³/mol.